The van der Waals surface area contributed by atoms with E-state index in [1.165, 1.54) is 12.8 Å². The first-order valence-corrected chi connectivity index (χ1v) is 7.17. The first-order valence-electron chi connectivity index (χ1n) is 7.17. The van der Waals surface area contributed by atoms with Gasteiger partial charge in [0.2, 0.25) is 5.91 Å². The van der Waals surface area contributed by atoms with Gasteiger partial charge in [0.15, 0.2) is 0 Å². The van der Waals surface area contributed by atoms with Crippen molar-refractivity contribution in [3.05, 3.63) is 29.8 Å². The lowest BCUT2D eigenvalue weighted by atomic mass is 10.1. The van der Waals surface area contributed by atoms with Crippen LogP contribution in [-0.4, -0.2) is 43.7 Å². The fourth-order valence-corrected chi connectivity index (χ4v) is 2.40. The molecule has 0 aliphatic carbocycles. The topological polar surface area (TPSA) is 67.6 Å². The smallest absolute Gasteiger partial charge is 0.250 e. The van der Waals surface area contributed by atoms with E-state index in [-0.39, 0.29) is 12.5 Å². The highest BCUT2D eigenvalue weighted by atomic mass is 16.5. The lowest BCUT2D eigenvalue weighted by Crippen LogP contribution is -2.23. The molecule has 1 aliphatic heterocycles. The van der Waals surface area contributed by atoms with Crippen LogP contribution in [-0.2, 0) is 16.1 Å². The van der Waals surface area contributed by atoms with Crippen LogP contribution in [0.2, 0.25) is 0 Å². The Hall–Kier alpha value is -1.43. The van der Waals surface area contributed by atoms with Gasteiger partial charge in [0, 0.05) is 18.8 Å². The van der Waals surface area contributed by atoms with Crippen LogP contribution in [0.25, 0.3) is 0 Å². The Kier molecular flexibility index (Phi) is 5.98. The number of ether oxygens (including phenoxy) is 1. The quantitative estimate of drug-likeness (QED) is 0.735. The predicted molar refractivity (Wildman–Crippen MR) is 79.5 cm³/mol. The van der Waals surface area contributed by atoms with Crippen molar-refractivity contribution >= 4 is 11.6 Å². The summed E-state index contributed by atoms with van der Waals surface area (Å²) in [7, 11) is 0. The Labute approximate surface area is 120 Å². The number of nitrogens with two attached hydrogens (primary N) is 1. The molecule has 0 unspecified atom stereocenters. The van der Waals surface area contributed by atoms with Crippen LogP contribution in [0.4, 0.5) is 5.69 Å². The Morgan fingerprint density at radius 1 is 1.30 bits per heavy atom. The predicted octanol–water partition coefficient (Wildman–Crippen LogP) is 1.20. The van der Waals surface area contributed by atoms with Crippen LogP contribution in [0.5, 0.6) is 0 Å². The number of likely N-dealkylation sites (tertiary alicyclic amines) is 1. The van der Waals surface area contributed by atoms with Gasteiger partial charge >= 0.3 is 0 Å². The molecule has 0 radical (unpaired) electrons. The molecular weight excluding hydrogens is 254 g/mol. The Morgan fingerprint density at radius 3 is 2.80 bits per heavy atom. The lowest BCUT2D eigenvalue weighted by molar-refractivity contribution is -0.120. The van der Waals surface area contributed by atoms with Crippen molar-refractivity contribution < 1.29 is 9.53 Å². The second kappa shape index (κ2) is 7.99. The fourth-order valence-electron chi connectivity index (χ4n) is 2.40. The molecule has 5 heteroatoms. The van der Waals surface area contributed by atoms with E-state index < -0.39 is 0 Å². The normalized spacial score (nSPS) is 15.4. The summed E-state index contributed by atoms with van der Waals surface area (Å²) in [6.07, 6.45) is 2.53. The third-order valence-electron chi connectivity index (χ3n) is 3.38. The second-order valence-electron chi connectivity index (χ2n) is 5.03. The van der Waals surface area contributed by atoms with Gasteiger partial charge in [0.1, 0.15) is 6.61 Å². The standard InChI is InChI=1S/C15H23N3O2/c16-7-10-20-12-15(19)17-14-6-2-1-5-13(14)11-18-8-3-4-9-18/h1-2,5-6H,3-4,7-12,16H2,(H,17,19). The van der Waals surface area contributed by atoms with E-state index in [0.29, 0.717) is 13.2 Å². The van der Waals surface area contributed by atoms with Gasteiger partial charge in [-0.05, 0) is 37.6 Å². The zero-order chi connectivity index (χ0) is 14.2. The van der Waals surface area contributed by atoms with Crippen molar-refractivity contribution in [3.63, 3.8) is 0 Å². The summed E-state index contributed by atoms with van der Waals surface area (Å²) in [5, 5.41) is 2.91. The van der Waals surface area contributed by atoms with Crippen molar-refractivity contribution in [1.29, 1.82) is 0 Å². The number of anilines is 1. The maximum absolute atomic E-state index is 11.8. The van der Waals surface area contributed by atoms with Crippen molar-refractivity contribution in [2.24, 2.45) is 5.73 Å². The molecule has 3 N–H and O–H groups in total. The van der Waals surface area contributed by atoms with Gasteiger partial charge in [0.25, 0.3) is 0 Å². The molecule has 0 bridgehead atoms. The molecule has 5 nitrogen and oxygen atoms in total. The van der Waals surface area contributed by atoms with E-state index in [1.54, 1.807) is 0 Å². The summed E-state index contributed by atoms with van der Waals surface area (Å²) in [5.74, 6) is -0.132. The summed E-state index contributed by atoms with van der Waals surface area (Å²) >= 11 is 0. The number of carbonyl (C=O) groups is 1. The molecule has 1 saturated heterocycles. The van der Waals surface area contributed by atoms with Gasteiger partial charge in [-0.25, -0.2) is 0 Å². The lowest BCUT2D eigenvalue weighted by Gasteiger charge is -2.17. The van der Waals surface area contributed by atoms with Crippen molar-refractivity contribution in [2.75, 3.05) is 38.2 Å². The Balaban J connectivity index is 1.91. The van der Waals surface area contributed by atoms with E-state index >= 15 is 0 Å². The highest BCUT2D eigenvalue weighted by Gasteiger charge is 2.14. The summed E-state index contributed by atoms with van der Waals surface area (Å²) in [6, 6.07) is 7.94. The van der Waals surface area contributed by atoms with E-state index in [0.717, 1.165) is 30.9 Å². The third-order valence-corrected chi connectivity index (χ3v) is 3.38. The highest BCUT2D eigenvalue weighted by Crippen LogP contribution is 2.19. The van der Waals surface area contributed by atoms with Crippen molar-refractivity contribution in [1.82, 2.24) is 4.90 Å². The van der Waals surface area contributed by atoms with Gasteiger partial charge in [-0.15, -0.1) is 0 Å². The average Bonchev–Trinajstić information content (AvgIpc) is 2.94. The third kappa shape index (κ3) is 4.59. The number of carbonyl (C=O) groups excluding carboxylic acids is 1. The molecule has 20 heavy (non-hydrogen) atoms. The van der Waals surface area contributed by atoms with Crippen LogP contribution in [0.15, 0.2) is 24.3 Å². The van der Waals surface area contributed by atoms with Crippen LogP contribution < -0.4 is 11.1 Å². The van der Waals surface area contributed by atoms with Crippen molar-refractivity contribution in [3.8, 4) is 0 Å². The first kappa shape index (κ1) is 15.0. The summed E-state index contributed by atoms with van der Waals surface area (Å²) in [5.41, 5.74) is 7.35. The molecule has 1 aliphatic rings. The fraction of sp³-hybridized carbons (Fsp3) is 0.533. The molecule has 2 rings (SSSR count). The number of nitrogens with zero attached hydrogens (tertiary/aromatic N) is 1. The van der Waals surface area contributed by atoms with E-state index in [2.05, 4.69) is 16.3 Å². The number of hydrogen-bond donors (Lipinski definition) is 2. The number of benzene rings is 1. The summed E-state index contributed by atoms with van der Waals surface area (Å²) in [6.45, 7) is 4.06. The molecule has 110 valence electrons. The Morgan fingerprint density at radius 2 is 2.05 bits per heavy atom. The number of nitrogens with one attached hydrogen (secondary N) is 1. The molecule has 0 atom stereocenters. The maximum Gasteiger partial charge on any atom is 0.250 e. The number of hydrogen-bond acceptors (Lipinski definition) is 4. The first-order chi connectivity index (χ1) is 9.79. The molecule has 1 amide bonds. The maximum atomic E-state index is 11.8. The van der Waals surface area contributed by atoms with Crippen LogP contribution in [0, 0.1) is 0 Å². The van der Waals surface area contributed by atoms with Gasteiger partial charge in [-0.3, -0.25) is 9.69 Å². The van der Waals surface area contributed by atoms with Gasteiger partial charge < -0.3 is 15.8 Å². The number of para-hydroxylation sites is 1. The van der Waals surface area contributed by atoms with Crippen molar-refractivity contribution in [2.45, 2.75) is 19.4 Å². The molecule has 1 fully saturated rings. The average molecular weight is 277 g/mol. The minimum absolute atomic E-state index is 0.0508. The Bertz CT molecular complexity index is 431. The van der Waals surface area contributed by atoms with Crippen LogP contribution in [0.3, 0.4) is 0 Å². The van der Waals surface area contributed by atoms with Crippen LogP contribution >= 0.6 is 0 Å². The molecule has 0 spiro atoms. The van der Waals surface area contributed by atoms with Gasteiger partial charge in [0.05, 0.1) is 6.61 Å². The minimum Gasteiger partial charge on any atom is -0.370 e. The molecule has 0 saturated carbocycles. The molecule has 1 aromatic carbocycles. The second-order valence-corrected chi connectivity index (χ2v) is 5.03. The summed E-state index contributed by atoms with van der Waals surface area (Å²) < 4.78 is 5.14. The monoisotopic (exact) mass is 277 g/mol. The SMILES string of the molecule is NCCOCC(=O)Nc1ccccc1CN1CCCC1. The highest BCUT2D eigenvalue weighted by molar-refractivity contribution is 5.92. The van der Waals surface area contributed by atoms with Gasteiger partial charge in [-0.2, -0.15) is 0 Å². The summed E-state index contributed by atoms with van der Waals surface area (Å²) in [4.78, 5) is 14.2. The van der Waals surface area contributed by atoms with Gasteiger partial charge in [-0.1, -0.05) is 18.2 Å². The van der Waals surface area contributed by atoms with Crippen LogP contribution in [0.1, 0.15) is 18.4 Å². The minimum atomic E-state index is -0.132. The molecule has 1 heterocycles. The van der Waals surface area contributed by atoms with E-state index in [1.807, 2.05) is 18.2 Å². The number of rotatable bonds is 7. The number of amides is 1. The van der Waals surface area contributed by atoms with E-state index in [9.17, 15) is 4.79 Å². The zero-order valence-electron chi connectivity index (χ0n) is 11.8. The molecule has 1 aromatic rings. The largest absolute Gasteiger partial charge is 0.370 e. The molecule has 0 aromatic heterocycles. The zero-order valence-corrected chi connectivity index (χ0v) is 11.8. The van der Waals surface area contributed by atoms with E-state index in [4.69, 9.17) is 10.5 Å². The molecular formula is C15H23N3O2.